The van der Waals surface area contributed by atoms with E-state index in [0.717, 1.165) is 42.0 Å². The van der Waals surface area contributed by atoms with Gasteiger partial charge in [-0.25, -0.2) is 9.97 Å². The number of rotatable bonds is 9. The van der Waals surface area contributed by atoms with E-state index in [9.17, 15) is 4.79 Å². The number of anilines is 1. The number of nitrogens with zero attached hydrogens (tertiary/aromatic N) is 2. The van der Waals surface area contributed by atoms with Crippen molar-refractivity contribution < 1.29 is 9.53 Å². The summed E-state index contributed by atoms with van der Waals surface area (Å²) in [7, 11) is 1.65. The highest BCUT2D eigenvalue weighted by molar-refractivity contribution is 5.90. The zero-order chi connectivity index (χ0) is 21.3. The molecule has 3 rings (SSSR count). The number of amides is 1. The van der Waals surface area contributed by atoms with Crippen LogP contribution in [0.25, 0.3) is 11.3 Å². The van der Waals surface area contributed by atoms with E-state index in [0.29, 0.717) is 18.2 Å². The molecule has 0 saturated carbocycles. The summed E-state index contributed by atoms with van der Waals surface area (Å²) in [5, 5.41) is 2.97. The Kier molecular flexibility index (Phi) is 7.55. The summed E-state index contributed by atoms with van der Waals surface area (Å²) in [5.41, 5.74) is 3.81. The largest absolute Gasteiger partial charge is 0.497 e. The summed E-state index contributed by atoms with van der Waals surface area (Å²) in [6, 6.07) is 17.9. The summed E-state index contributed by atoms with van der Waals surface area (Å²) in [6.07, 6.45) is 4.60. The van der Waals surface area contributed by atoms with E-state index in [-0.39, 0.29) is 5.91 Å². The molecule has 0 unspecified atom stereocenters. The number of carbonyl (C=O) groups excluding carboxylic acids is 1. The zero-order valence-corrected chi connectivity index (χ0v) is 17.9. The lowest BCUT2D eigenvalue weighted by molar-refractivity contribution is -0.116. The second-order valence-electron chi connectivity index (χ2n) is 7.76. The van der Waals surface area contributed by atoms with E-state index in [1.807, 2.05) is 42.5 Å². The number of ether oxygens (including phenoxy) is 1. The lowest BCUT2D eigenvalue weighted by Gasteiger charge is -2.13. The second-order valence-corrected chi connectivity index (χ2v) is 7.76. The molecule has 1 aromatic heterocycles. The van der Waals surface area contributed by atoms with Gasteiger partial charge in [-0.2, -0.15) is 0 Å². The van der Waals surface area contributed by atoms with E-state index in [1.54, 1.807) is 13.3 Å². The van der Waals surface area contributed by atoms with E-state index in [1.165, 1.54) is 5.56 Å². The van der Waals surface area contributed by atoms with Crippen molar-refractivity contribution in [3.63, 3.8) is 0 Å². The van der Waals surface area contributed by atoms with Gasteiger partial charge >= 0.3 is 0 Å². The minimum atomic E-state index is -0.0255. The van der Waals surface area contributed by atoms with Crippen molar-refractivity contribution in [2.24, 2.45) is 5.92 Å². The maximum absolute atomic E-state index is 12.5. The monoisotopic (exact) mass is 403 g/mol. The molecule has 0 radical (unpaired) electrons. The number of methoxy groups -OCH3 is 1. The molecule has 0 fully saturated rings. The molecule has 5 nitrogen and oxygen atoms in total. The molecule has 0 aliphatic rings. The van der Waals surface area contributed by atoms with E-state index >= 15 is 0 Å². The third-order valence-electron chi connectivity index (χ3n) is 4.80. The molecule has 5 heteroatoms. The maximum atomic E-state index is 12.5. The summed E-state index contributed by atoms with van der Waals surface area (Å²) in [5.74, 6) is 1.74. The normalized spacial score (nSPS) is 10.8. The molecule has 0 spiro atoms. The fourth-order valence-electron chi connectivity index (χ4n) is 3.25. The first-order chi connectivity index (χ1) is 14.5. The molecule has 156 valence electrons. The van der Waals surface area contributed by atoms with Gasteiger partial charge in [-0.1, -0.05) is 44.2 Å². The summed E-state index contributed by atoms with van der Waals surface area (Å²) in [4.78, 5) is 21.8. The Bertz CT molecular complexity index is 954. The molecule has 0 bridgehead atoms. The van der Waals surface area contributed by atoms with E-state index in [4.69, 9.17) is 9.72 Å². The van der Waals surface area contributed by atoms with Crippen LogP contribution in [0.5, 0.6) is 5.75 Å². The minimum Gasteiger partial charge on any atom is -0.497 e. The topological polar surface area (TPSA) is 64.1 Å². The third kappa shape index (κ3) is 6.14. The molecular formula is C25H29N3O2. The fraction of sp³-hybridized carbons (Fsp3) is 0.320. The lowest BCUT2D eigenvalue weighted by atomic mass is 10.1. The van der Waals surface area contributed by atoms with Crippen LogP contribution in [0.2, 0.25) is 0 Å². The zero-order valence-electron chi connectivity index (χ0n) is 17.9. The molecule has 0 atom stereocenters. The third-order valence-corrected chi connectivity index (χ3v) is 4.80. The van der Waals surface area contributed by atoms with Crippen molar-refractivity contribution in [3.05, 3.63) is 72.1 Å². The van der Waals surface area contributed by atoms with Crippen molar-refractivity contribution in [1.29, 1.82) is 0 Å². The Labute approximate surface area is 178 Å². The van der Waals surface area contributed by atoms with Gasteiger partial charge in [0.05, 0.1) is 24.7 Å². The van der Waals surface area contributed by atoms with Gasteiger partial charge in [0.25, 0.3) is 0 Å². The van der Waals surface area contributed by atoms with E-state index in [2.05, 4.69) is 36.3 Å². The Morgan fingerprint density at radius 3 is 2.47 bits per heavy atom. The lowest BCUT2D eigenvalue weighted by Crippen LogP contribution is -2.16. The first-order valence-corrected chi connectivity index (χ1v) is 10.4. The quantitative estimate of drug-likeness (QED) is 0.526. The number of aromatic nitrogens is 2. The van der Waals surface area contributed by atoms with Gasteiger partial charge in [0.2, 0.25) is 5.91 Å². The first kappa shape index (κ1) is 21.5. The number of benzene rings is 2. The van der Waals surface area contributed by atoms with Crippen molar-refractivity contribution in [3.8, 4) is 17.0 Å². The van der Waals surface area contributed by atoms with E-state index < -0.39 is 0 Å². The Hall–Kier alpha value is -3.21. The van der Waals surface area contributed by atoms with Gasteiger partial charge in [-0.05, 0) is 55.0 Å². The molecule has 1 amide bonds. The van der Waals surface area contributed by atoms with Gasteiger partial charge in [0.1, 0.15) is 5.75 Å². The van der Waals surface area contributed by atoms with Crippen LogP contribution in [0, 0.1) is 5.92 Å². The molecule has 0 aliphatic carbocycles. The van der Waals surface area contributed by atoms with Gasteiger partial charge in [-0.15, -0.1) is 0 Å². The van der Waals surface area contributed by atoms with Crippen LogP contribution in [0.4, 0.5) is 5.82 Å². The average molecular weight is 404 g/mol. The van der Waals surface area contributed by atoms with Crippen molar-refractivity contribution in [2.45, 2.75) is 39.5 Å². The van der Waals surface area contributed by atoms with Crippen LogP contribution in [0.1, 0.15) is 37.9 Å². The van der Waals surface area contributed by atoms with Crippen molar-refractivity contribution in [2.75, 3.05) is 12.4 Å². The summed E-state index contributed by atoms with van der Waals surface area (Å²) in [6.45, 7) is 4.26. The Morgan fingerprint density at radius 2 is 1.80 bits per heavy atom. The number of nitrogens with one attached hydrogen (secondary N) is 1. The number of hydrogen-bond acceptors (Lipinski definition) is 4. The maximum Gasteiger partial charge on any atom is 0.225 e. The van der Waals surface area contributed by atoms with Crippen LogP contribution < -0.4 is 10.1 Å². The standard InChI is InChI=1S/C25H29N3O2/c1-18(2)16-22-25(28-24(29)11-7-10-19-8-5-4-6-9-19)26-17-23(27-22)20-12-14-21(30-3)15-13-20/h4-6,8-9,12-15,17-18H,7,10-11,16H2,1-3H3,(H,26,28,29). The molecule has 3 aromatic rings. The first-order valence-electron chi connectivity index (χ1n) is 10.4. The fourth-order valence-corrected chi connectivity index (χ4v) is 3.25. The van der Waals surface area contributed by atoms with Gasteiger partial charge in [0, 0.05) is 12.0 Å². The molecule has 2 aromatic carbocycles. The number of hydrogen-bond donors (Lipinski definition) is 1. The van der Waals surface area contributed by atoms with Crippen molar-refractivity contribution in [1.82, 2.24) is 9.97 Å². The molecule has 0 aliphatic heterocycles. The SMILES string of the molecule is COc1ccc(-c2cnc(NC(=O)CCCc3ccccc3)c(CC(C)C)n2)cc1. The predicted octanol–water partition coefficient (Wildman–Crippen LogP) is 5.31. The predicted molar refractivity (Wildman–Crippen MR) is 121 cm³/mol. The number of carbonyl (C=O) groups is 1. The summed E-state index contributed by atoms with van der Waals surface area (Å²) >= 11 is 0. The molecular weight excluding hydrogens is 374 g/mol. The Balaban J connectivity index is 1.68. The van der Waals surface area contributed by atoms with Crippen LogP contribution in [0.15, 0.2) is 60.8 Å². The van der Waals surface area contributed by atoms with Crippen LogP contribution >= 0.6 is 0 Å². The number of aryl methyl sites for hydroxylation is 1. The minimum absolute atomic E-state index is 0.0255. The van der Waals surface area contributed by atoms with Crippen molar-refractivity contribution >= 4 is 11.7 Å². The van der Waals surface area contributed by atoms with Gasteiger partial charge in [-0.3, -0.25) is 4.79 Å². The highest BCUT2D eigenvalue weighted by Gasteiger charge is 2.13. The highest BCUT2D eigenvalue weighted by Crippen LogP contribution is 2.24. The Morgan fingerprint density at radius 1 is 1.07 bits per heavy atom. The van der Waals surface area contributed by atoms with Gasteiger partial charge in [0.15, 0.2) is 5.82 Å². The van der Waals surface area contributed by atoms with Gasteiger partial charge < -0.3 is 10.1 Å². The van der Waals surface area contributed by atoms with Crippen LogP contribution in [0.3, 0.4) is 0 Å². The molecule has 0 saturated heterocycles. The van der Waals surface area contributed by atoms with Crippen LogP contribution in [-0.4, -0.2) is 23.0 Å². The highest BCUT2D eigenvalue weighted by atomic mass is 16.5. The smallest absolute Gasteiger partial charge is 0.225 e. The molecule has 1 N–H and O–H groups in total. The second kappa shape index (κ2) is 10.5. The molecule has 1 heterocycles. The summed E-state index contributed by atoms with van der Waals surface area (Å²) < 4.78 is 5.22. The molecule has 30 heavy (non-hydrogen) atoms. The average Bonchev–Trinajstić information content (AvgIpc) is 2.75. The van der Waals surface area contributed by atoms with Crippen LogP contribution in [-0.2, 0) is 17.6 Å².